The lowest BCUT2D eigenvalue weighted by Crippen LogP contribution is -2.31. The standard InChI is InChI=1S/C21H32O7/c1-5-13(3)19(24)15(20(25)26)8-6-7-12(2)9-10-16(22)18-17(23)11-14(4)28-21(18)27/h6,8,12-15,19,22,24H,5,7,9-11H2,1-4H3,(H,25,26)/b8-6+,18-16-/t12-,13-,14+,15+,19+/m0/s1/i14+1,17+1,21+1,23+2,27+2,28+2. The van der Waals surface area contributed by atoms with Gasteiger partial charge in [-0.25, -0.2) is 4.79 Å². The molecule has 0 aromatic rings. The molecule has 28 heavy (non-hydrogen) atoms. The SMILES string of the molecule is CC[C@H](C)[C@@H](O)[C@@H](/C=C/C[C@H](C)CC/C(O)=C1\[13C](=[18O])C[13C@@H](C)[18O][13C]1=[18O])C(=O)O. The van der Waals surface area contributed by atoms with Crippen LogP contribution in [0.3, 0.4) is 0 Å². The zero-order valence-electron chi connectivity index (χ0n) is 17.1. The summed E-state index contributed by atoms with van der Waals surface area (Å²) in [7, 11) is 0. The van der Waals surface area contributed by atoms with Gasteiger partial charge in [-0.05, 0) is 31.6 Å². The van der Waals surface area contributed by atoms with Gasteiger partial charge in [0, 0.05) is 12.8 Å². The second-order valence-corrected chi connectivity index (χ2v) is 7.71. The molecule has 1 saturated heterocycles. The molecule has 1 heterocycles. The van der Waals surface area contributed by atoms with Crippen molar-refractivity contribution in [3.63, 3.8) is 0 Å². The van der Waals surface area contributed by atoms with Crippen molar-refractivity contribution >= 4 is 17.7 Å². The highest BCUT2D eigenvalue weighted by Gasteiger charge is 2.32. The van der Waals surface area contributed by atoms with Crippen LogP contribution in [0.15, 0.2) is 23.5 Å². The van der Waals surface area contributed by atoms with E-state index in [1.807, 2.05) is 20.8 Å². The largest absolute Gasteiger partial charge is 0.511 e. The summed E-state index contributed by atoms with van der Waals surface area (Å²) in [6, 6.07) is 0. The number of ketones is 1. The number of allylic oxidation sites excluding steroid dienone is 2. The number of aliphatic carboxylic acids is 1. The summed E-state index contributed by atoms with van der Waals surface area (Å²) >= 11 is 0. The van der Waals surface area contributed by atoms with E-state index in [1.165, 1.54) is 6.08 Å². The van der Waals surface area contributed by atoms with Gasteiger partial charge < -0.3 is 20.1 Å². The lowest BCUT2D eigenvalue weighted by Gasteiger charge is -2.22. The molecule has 5 atom stereocenters. The Labute approximate surface area is 166 Å². The summed E-state index contributed by atoms with van der Waals surface area (Å²) in [5.74, 6) is -3.51. The van der Waals surface area contributed by atoms with Crippen LogP contribution in [0.5, 0.6) is 0 Å². The van der Waals surface area contributed by atoms with E-state index in [0.717, 1.165) is 0 Å². The van der Waals surface area contributed by atoms with Crippen LogP contribution in [0.25, 0.3) is 0 Å². The van der Waals surface area contributed by atoms with Gasteiger partial charge in [0.1, 0.15) is 23.4 Å². The minimum atomic E-state index is -1.07. The molecule has 7 heteroatoms. The Balaban J connectivity index is 2.62. The van der Waals surface area contributed by atoms with E-state index in [-0.39, 0.29) is 36.0 Å². The molecule has 0 aliphatic carbocycles. The second-order valence-electron chi connectivity index (χ2n) is 7.71. The zero-order chi connectivity index (χ0) is 21.4. The number of cyclic esters (lactones) is 1. The van der Waals surface area contributed by atoms with Crippen molar-refractivity contribution in [3.8, 4) is 0 Å². The Bertz CT molecular complexity index is 615. The normalized spacial score (nSPS) is 23.8. The van der Waals surface area contributed by atoms with Crippen molar-refractivity contribution in [2.45, 2.75) is 72.0 Å². The van der Waals surface area contributed by atoms with Gasteiger partial charge in [-0.2, -0.15) is 0 Å². The third kappa shape index (κ3) is 6.78. The maximum absolute atomic E-state index is 11.9. The number of carbonyl (C=O) groups excluding carboxylic acids is 2. The van der Waals surface area contributed by atoms with Crippen molar-refractivity contribution in [1.29, 1.82) is 0 Å². The van der Waals surface area contributed by atoms with Crippen LogP contribution in [-0.4, -0.2) is 45.2 Å². The summed E-state index contributed by atoms with van der Waals surface area (Å²) < 4.78 is 4.99. The molecule has 0 bridgehead atoms. The van der Waals surface area contributed by atoms with Crippen LogP contribution < -0.4 is 0 Å². The fourth-order valence-electron chi connectivity index (χ4n) is 3.06. The number of hydrogen-bond donors (Lipinski definition) is 3. The van der Waals surface area contributed by atoms with Crippen molar-refractivity contribution in [1.82, 2.24) is 0 Å². The minimum Gasteiger partial charge on any atom is -0.511 e. The van der Waals surface area contributed by atoms with E-state index in [1.54, 1.807) is 13.0 Å². The summed E-state index contributed by atoms with van der Waals surface area (Å²) in [5, 5.41) is 29.6. The number of ether oxygens (including phenoxy) is 1. The first kappa shape index (κ1) is 23.9. The molecule has 0 unspecified atom stereocenters. The lowest BCUT2D eigenvalue weighted by molar-refractivity contribution is -0.150. The van der Waals surface area contributed by atoms with Crippen molar-refractivity contribution in [2.24, 2.45) is 17.8 Å². The van der Waals surface area contributed by atoms with Gasteiger partial charge in [-0.3, -0.25) is 9.59 Å². The molecule has 158 valence electrons. The van der Waals surface area contributed by atoms with Crippen LogP contribution in [0, 0.1) is 17.8 Å². The molecule has 0 aromatic heterocycles. The highest BCUT2D eigenvalue weighted by atomic mass is 18.4. The van der Waals surface area contributed by atoms with E-state index in [0.29, 0.717) is 19.3 Å². The van der Waals surface area contributed by atoms with E-state index in [4.69, 9.17) is 4.74 Å². The second kappa shape index (κ2) is 11.0. The number of carboxylic acids is 1. The molecule has 1 fully saturated rings. The molecule has 0 saturated carbocycles. The number of aliphatic hydroxyl groups is 2. The Kier molecular flexibility index (Phi) is 9.38. The lowest BCUT2D eigenvalue weighted by atomic mass is 9.89. The Morgan fingerprint density at radius 3 is 2.50 bits per heavy atom. The molecular weight excluding hydrogens is 373 g/mol. The monoisotopic (exact) mass is 405 g/mol. The maximum atomic E-state index is 11.9. The van der Waals surface area contributed by atoms with Gasteiger partial charge in [0.05, 0.1) is 6.10 Å². The highest BCUT2D eigenvalue weighted by Crippen LogP contribution is 2.23. The molecule has 0 radical (unpaired) electrons. The first-order valence-corrected chi connectivity index (χ1v) is 9.82. The summed E-state index contributed by atoms with van der Waals surface area (Å²) in [4.78, 5) is 35.1. The topological polar surface area (TPSA) is 121 Å². The smallest absolute Gasteiger partial charge is 0.345 e. The average Bonchev–Trinajstić information content (AvgIpc) is 2.61. The van der Waals surface area contributed by atoms with E-state index in [2.05, 4.69) is 0 Å². The third-order valence-corrected chi connectivity index (χ3v) is 5.19. The molecule has 0 spiro atoms. The average molecular weight is 405 g/mol. The summed E-state index contributed by atoms with van der Waals surface area (Å²) in [5.41, 5.74) is -0.261. The maximum Gasteiger partial charge on any atom is 0.345 e. The minimum absolute atomic E-state index is 0.0680. The zero-order valence-corrected chi connectivity index (χ0v) is 17.1. The number of carboxylic acid groups (broad SMARTS) is 1. The van der Waals surface area contributed by atoms with Gasteiger partial charge in [0.15, 0.2) is 5.78 Å². The Hall–Kier alpha value is -2.15. The van der Waals surface area contributed by atoms with Crippen LogP contribution >= 0.6 is 0 Å². The number of esters is 1. The van der Waals surface area contributed by atoms with Crippen LogP contribution in [0.2, 0.25) is 0 Å². The van der Waals surface area contributed by atoms with Crippen molar-refractivity contribution in [2.75, 3.05) is 0 Å². The first-order chi connectivity index (χ1) is 13.1. The van der Waals surface area contributed by atoms with Crippen molar-refractivity contribution < 1.29 is 34.4 Å². The third-order valence-electron chi connectivity index (χ3n) is 5.19. The number of Topliss-reactive ketones (excluding diaryl/α,β-unsaturated/α-hetero) is 1. The molecule has 3 N–H and O–H groups in total. The highest BCUT2D eigenvalue weighted by molar-refractivity contribution is 6.19. The number of carbonyl (C=O) groups is 3. The molecule has 1 aliphatic heterocycles. The van der Waals surface area contributed by atoms with Gasteiger partial charge in [0.25, 0.3) is 0 Å². The fourth-order valence-corrected chi connectivity index (χ4v) is 3.06. The van der Waals surface area contributed by atoms with E-state index >= 15 is 0 Å². The number of hydrogen-bond acceptors (Lipinski definition) is 6. The van der Waals surface area contributed by atoms with E-state index in [9.17, 15) is 29.7 Å². The first-order valence-electron chi connectivity index (χ1n) is 9.82. The molecule has 7 nitrogen and oxygen atoms in total. The van der Waals surface area contributed by atoms with Crippen LogP contribution in [-0.2, 0) is 19.1 Å². The fraction of sp³-hybridized carbons (Fsp3) is 0.667. The molecular formula is C21H32O7. The van der Waals surface area contributed by atoms with Gasteiger partial charge >= 0.3 is 11.9 Å². The van der Waals surface area contributed by atoms with Gasteiger partial charge in [-0.15, -0.1) is 0 Å². The molecule has 1 aliphatic rings. The van der Waals surface area contributed by atoms with E-state index < -0.39 is 35.8 Å². The Morgan fingerprint density at radius 2 is 1.96 bits per heavy atom. The van der Waals surface area contributed by atoms with Gasteiger partial charge in [0.2, 0.25) is 0 Å². The van der Waals surface area contributed by atoms with Crippen LogP contribution in [0.4, 0.5) is 0 Å². The molecule has 0 amide bonds. The number of aliphatic hydroxyl groups excluding tert-OH is 2. The Morgan fingerprint density at radius 1 is 1.32 bits per heavy atom. The summed E-state index contributed by atoms with van der Waals surface area (Å²) in [6.07, 6.45) is 3.79. The van der Waals surface area contributed by atoms with Crippen LogP contribution in [0.1, 0.15) is 59.8 Å². The summed E-state index contributed by atoms with van der Waals surface area (Å²) in [6.45, 7) is 7.26. The van der Waals surface area contributed by atoms with Gasteiger partial charge in [-0.1, -0.05) is 39.3 Å². The predicted molar refractivity (Wildman–Crippen MR) is 104 cm³/mol. The molecule has 1 rings (SSSR count). The number of rotatable bonds is 10. The quantitative estimate of drug-likeness (QED) is 0.0971. The predicted octanol–water partition coefficient (Wildman–Crippen LogP) is 3.17. The molecule has 0 aromatic carbocycles. The van der Waals surface area contributed by atoms with Crippen molar-refractivity contribution in [3.05, 3.63) is 23.5 Å².